The third-order valence-electron chi connectivity index (χ3n) is 6.47. The van der Waals surface area contributed by atoms with E-state index in [1.54, 1.807) is 11.6 Å². The fourth-order valence-electron chi connectivity index (χ4n) is 4.64. The fraction of sp³-hybridized carbons (Fsp3) is 0.192. The number of hydrogen-bond donors (Lipinski definition) is 0. The maximum absolute atomic E-state index is 13.7. The van der Waals surface area contributed by atoms with Gasteiger partial charge in [-0.2, -0.15) is 0 Å². The normalized spacial score (nSPS) is 11.7. The van der Waals surface area contributed by atoms with Crippen molar-refractivity contribution in [3.05, 3.63) is 97.1 Å². The molecule has 0 saturated heterocycles. The van der Waals surface area contributed by atoms with Crippen molar-refractivity contribution in [3.8, 4) is 0 Å². The van der Waals surface area contributed by atoms with Gasteiger partial charge in [-0.05, 0) is 41.9 Å². The molecule has 0 atom stereocenters. The maximum atomic E-state index is 13.7. The summed E-state index contributed by atoms with van der Waals surface area (Å²) in [6.45, 7) is 3.94. The highest BCUT2D eigenvalue weighted by Crippen LogP contribution is 2.20. The van der Waals surface area contributed by atoms with E-state index >= 15 is 0 Å². The van der Waals surface area contributed by atoms with E-state index in [1.165, 1.54) is 4.57 Å². The zero-order valence-corrected chi connectivity index (χ0v) is 21.9. The van der Waals surface area contributed by atoms with Crippen LogP contribution in [0.4, 0.5) is 0 Å². The summed E-state index contributed by atoms with van der Waals surface area (Å²) in [5.41, 5.74) is 2.75. The Labute approximate surface area is 218 Å². The van der Waals surface area contributed by atoms with Gasteiger partial charge in [0.2, 0.25) is 0 Å². The van der Waals surface area contributed by atoms with Crippen molar-refractivity contribution in [3.63, 3.8) is 0 Å². The predicted molar refractivity (Wildman–Crippen MR) is 144 cm³/mol. The maximum Gasteiger partial charge on any atom is 0.332 e. The standard InChI is InChI=1S/C26H21BrN8O2/c1-14-16-8-4-6-10-18(16)30-20(28-14)12-34-22-23(32-25(34)27)33(3)26(37)35(24(22)36)13-21-29-15(2)17-9-5-7-11-19(17)31-21/h4-11H,12-13H2,1-3H3. The second-order valence-corrected chi connectivity index (χ2v) is 9.57. The van der Waals surface area contributed by atoms with Crippen LogP contribution in [0.5, 0.6) is 0 Å². The quantitative estimate of drug-likeness (QED) is 0.306. The van der Waals surface area contributed by atoms with E-state index in [1.807, 2.05) is 62.4 Å². The average Bonchev–Trinajstić information content (AvgIpc) is 3.21. The first-order valence-corrected chi connectivity index (χ1v) is 12.4. The molecule has 0 radical (unpaired) electrons. The molecule has 11 heteroatoms. The second kappa shape index (κ2) is 8.70. The van der Waals surface area contributed by atoms with Crippen LogP contribution in [0.2, 0.25) is 0 Å². The highest BCUT2D eigenvalue weighted by atomic mass is 79.9. The predicted octanol–water partition coefficient (Wildman–Crippen LogP) is 3.26. The molecule has 6 aromatic rings. The number of benzene rings is 2. The van der Waals surface area contributed by atoms with Crippen molar-refractivity contribution in [2.75, 3.05) is 0 Å². The number of nitrogens with zero attached hydrogens (tertiary/aromatic N) is 8. The molecular formula is C26H21BrN8O2. The van der Waals surface area contributed by atoms with E-state index in [0.717, 1.165) is 37.8 Å². The van der Waals surface area contributed by atoms with Crippen LogP contribution in [0.3, 0.4) is 0 Å². The van der Waals surface area contributed by atoms with Crippen LogP contribution in [0.15, 0.2) is 62.9 Å². The summed E-state index contributed by atoms with van der Waals surface area (Å²) in [4.78, 5) is 49.9. The molecule has 6 rings (SSSR count). The molecule has 10 nitrogen and oxygen atoms in total. The van der Waals surface area contributed by atoms with Gasteiger partial charge in [0.1, 0.15) is 11.6 Å². The van der Waals surface area contributed by atoms with Crippen LogP contribution in [0, 0.1) is 13.8 Å². The van der Waals surface area contributed by atoms with Gasteiger partial charge < -0.3 is 4.57 Å². The molecule has 4 aromatic heterocycles. The first-order valence-electron chi connectivity index (χ1n) is 11.6. The van der Waals surface area contributed by atoms with Crippen molar-refractivity contribution in [1.82, 2.24) is 38.6 Å². The lowest BCUT2D eigenvalue weighted by Gasteiger charge is -2.11. The van der Waals surface area contributed by atoms with Crippen molar-refractivity contribution in [1.29, 1.82) is 0 Å². The highest BCUT2D eigenvalue weighted by molar-refractivity contribution is 9.10. The molecule has 0 fully saturated rings. The number of rotatable bonds is 4. The minimum Gasteiger partial charge on any atom is -0.305 e. The molecule has 4 heterocycles. The number of para-hydroxylation sites is 2. The molecule has 37 heavy (non-hydrogen) atoms. The van der Waals surface area contributed by atoms with Crippen molar-refractivity contribution in [2.45, 2.75) is 26.9 Å². The van der Waals surface area contributed by atoms with E-state index in [0.29, 0.717) is 16.4 Å². The summed E-state index contributed by atoms with van der Waals surface area (Å²) in [5, 5.41) is 1.89. The van der Waals surface area contributed by atoms with E-state index in [9.17, 15) is 9.59 Å². The molecule has 0 aliphatic heterocycles. The molecule has 184 valence electrons. The lowest BCUT2D eigenvalue weighted by atomic mass is 10.2. The Morgan fingerprint density at radius 3 is 1.81 bits per heavy atom. The SMILES string of the molecule is Cc1nc(Cn2c(=O)c3c(nc(Br)n3Cc3nc(C)c4ccccc4n3)n(C)c2=O)nc2ccccc12. The van der Waals surface area contributed by atoms with Gasteiger partial charge in [0.05, 0.1) is 24.1 Å². The van der Waals surface area contributed by atoms with Gasteiger partial charge in [-0.3, -0.25) is 13.9 Å². The number of aromatic nitrogens is 8. The zero-order chi connectivity index (χ0) is 25.8. The lowest BCUT2D eigenvalue weighted by Crippen LogP contribution is -2.40. The van der Waals surface area contributed by atoms with Gasteiger partial charge in [0.25, 0.3) is 5.56 Å². The summed E-state index contributed by atoms with van der Waals surface area (Å²) < 4.78 is 4.59. The van der Waals surface area contributed by atoms with Crippen LogP contribution in [-0.4, -0.2) is 38.6 Å². The molecule has 0 N–H and O–H groups in total. The van der Waals surface area contributed by atoms with E-state index in [-0.39, 0.29) is 24.3 Å². The van der Waals surface area contributed by atoms with Crippen LogP contribution >= 0.6 is 15.9 Å². The van der Waals surface area contributed by atoms with Gasteiger partial charge in [-0.25, -0.2) is 29.7 Å². The number of aryl methyl sites for hydroxylation is 3. The fourth-order valence-corrected chi connectivity index (χ4v) is 5.11. The van der Waals surface area contributed by atoms with Crippen molar-refractivity contribution in [2.24, 2.45) is 7.05 Å². The number of imidazole rings is 1. The zero-order valence-electron chi connectivity index (χ0n) is 20.3. The summed E-state index contributed by atoms with van der Waals surface area (Å²) >= 11 is 3.46. The first kappa shape index (κ1) is 23.2. The van der Waals surface area contributed by atoms with Crippen LogP contribution < -0.4 is 11.2 Å². The van der Waals surface area contributed by atoms with Crippen LogP contribution in [0.1, 0.15) is 23.0 Å². The van der Waals surface area contributed by atoms with E-state index in [4.69, 9.17) is 0 Å². The monoisotopic (exact) mass is 556 g/mol. The van der Waals surface area contributed by atoms with Gasteiger partial charge in [0, 0.05) is 29.2 Å². The van der Waals surface area contributed by atoms with Gasteiger partial charge in [-0.15, -0.1) is 0 Å². The largest absolute Gasteiger partial charge is 0.332 e. The number of hydrogen-bond acceptors (Lipinski definition) is 7. The van der Waals surface area contributed by atoms with Gasteiger partial charge in [-0.1, -0.05) is 36.4 Å². The molecule has 0 amide bonds. The first-order chi connectivity index (χ1) is 17.8. The molecule has 0 aliphatic rings. The van der Waals surface area contributed by atoms with Gasteiger partial charge >= 0.3 is 5.69 Å². The minimum atomic E-state index is -0.498. The highest BCUT2D eigenvalue weighted by Gasteiger charge is 2.21. The Morgan fingerprint density at radius 1 is 0.730 bits per heavy atom. The van der Waals surface area contributed by atoms with E-state index < -0.39 is 11.2 Å². The van der Waals surface area contributed by atoms with Crippen molar-refractivity contribution >= 4 is 48.9 Å². The van der Waals surface area contributed by atoms with Crippen molar-refractivity contribution < 1.29 is 0 Å². The third kappa shape index (κ3) is 3.82. The Hall–Kier alpha value is -4.25. The topological polar surface area (TPSA) is 113 Å². The molecule has 0 unspecified atom stereocenters. The van der Waals surface area contributed by atoms with E-state index in [2.05, 4.69) is 40.8 Å². The Morgan fingerprint density at radius 2 is 1.24 bits per heavy atom. The molecule has 0 bridgehead atoms. The number of halogens is 1. The summed E-state index contributed by atoms with van der Waals surface area (Å²) in [7, 11) is 1.59. The Bertz CT molecular complexity index is 1990. The van der Waals surface area contributed by atoms with Crippen LogP contribution in [-0.2, 0) is 20.1 Å². The summed E-state index contributed by atoms with van der Waals surface area (Å²) in [6.07, 6.45) is 0. The van der Waals surface area contributed by atoms with Gasteiger partial charge in [0.15, 0.2) is 15.9 Å². The second-order valence-electron chi connectivity index (χ2n) is 8.86. The molecular weight excluding hydrogens is 536 g/mol. The summed E-state index contributed by atoms with van der Waals surface area (Å²) in [6, 6.07) is 15.4. The summed E-state index contributed by atoms with van der Waals surface area (Å²) in [5.74, 6) is 0.915. The molecule has 0 saturated carbocycles. The molecule has 0 spiro atoms. The Balaban J connectivity index is 1.50. The number of fused-ring (bicyclic) bond motifs is 3. The Kier molecular flexibility index (Phi) is 5.45. The smallest absolute Gasteiger partial charge is 0.305 e. The minimum absolute atomic E-state index is 0.0680. The third-order valence-corrected chi connectivity index (χ3v) is 7.07. The van der Waals surface area contributed by atoms with Crippen LogP contribution in [0.25, 0.3) is 33.0 Å². The molecule has 2 aromatic carbocycles. The average molecular weight is 557 g/mol. The lowest BCUT2D eigenvalue weighted by molar-refractivity contribution is 0.631. The molecule has 0 aliphatic carbocycles.